The van der Waals surface area contributed by atoms with E-state index >= 15 is 0 Å². The Morgan fingerprint density at radius 1 is 1.07 bits per heavy atom. The lowest BCUT2D eigenvalue weighted by Crippen LogP contribution is -2.32. The van der Waals surface area contributed by atoms with E-state index in [1.807, 2.05) is 31.2 Å². The summed E-state index contributed by atoms with van der Waals surface area (Å²) in [6.45, 7) is 2.25. The molecular formula is C30H28N6O3S. The molecule has 0 saturated heterocycles. The Morgan fingerprint density at radius 3 is 2.62 bits per heavy atom. The predicted molar refractivity (Wildman–Crippen MR) is 155 cm³/mol. The molecule has 3 N–H and O–H groups in total. The summed E-state index contributed by atoms with van der Waals surface area (Å²) >= 11 is 1.41. The minimum atomic E-state index is -0.550. The molecule has 1 aliphatic rings. The minimum absolute atomic E-state index is 0.0311. The van der Waals surface area contributed by atoms with Crippen molar-refractivity contribution in [1.29, 1.82) is 5.41 Å². The highest BCUT2D eigenvalue weighted by Gasteiger charge is 2.27. The maximum atomic E-state index is 13.8. The molecule has 202 valence electrons. The van der Waals surface area contributed by atoms with E-state index in [0.717, 1.165) is 47.3 Å². The molecule has 0 unspecified atom stereocenters. The number of fused-ring (bicyclic) bond motifs is 3. The molecule has 1 aromatic carbocycles. The summed E-state index contributed by atoms with van der Waals surface area (Å²) in [6.07, 6.45) is 5.32. The number of pyridine rings is 2. The van der Waals surface area contributed by atoms with Crippen molar-refractivity contribution >= 4 is 44.8 Å². The quantitative estimate of drug-likeness (QED) is 0.285. The lowest BCUT2D eigenvalue weighted by atomic mass is 9.95. The second-order valence-electron chi connectivity index (χ2n) is 10.0. The number of aryl methyl sites for hydroxylation is 2. The SMILES string of the molecule is CNC(=O)c1c(NC(=O)c2cc3c(=O)n4ccccc4nc3n(Cc3ccc(C)cc3)c2=N)sc2c1CCCC2. The number of hydrogen-bond donors (Lipinski definition) is 3. The van der Waals surface area contributed by atoms with Crippen molar-refractivity contribution in [3.05, 3.63) is 103 Å². The number of anilines is 1. The number of thiophene rings is 1. The minimum Gasteiger partial charge on any atom is -0.355 e. The zero-order chi connectivity index (χ0) is 28.0. The van der Waals surface area contributed by atoms with E-state index < -0.39 is 5.91 Å². The van der Waals surface area contributed by atoms with Gasteiger partial charge in [-0.2, -0.15) is 0 Å². The summed E-state index contributed by atoms with van der Waals surface area (Å²) in [5, 5.41) is 15.4. The van der Waals surface area contributed by atoms with Crippen LogP contribution in [0.15, 0.2) is 59.5 Å². The number of carbonyl (C=O) groups is 2. The van der Waals surface area contributed by atoms with E-state index in [4.69, 9.17) is 10.4 Å². The summed E-state index contributed by atoms with van der Waals surface area (Å²) in [7, 11) is 1.57. The highest BCUT2D eigenvalue weighted by molar-refractivity contribution is 7.17. The first-order chi connectivity index (χ1) is 19.4. The fourth-order valence-corrected chi connectivity index (χ4v) is 6.56. The van der Waals surface area contributed by atoms with Crippen LogP contribution in [0.4, 0.5) is 5.00 Å². The maximum absolute atomic E-state index is 13.8. The van der Waals surface area contributed by atoms with Gasteiger partial charge in [0.05, 0.1) is 23.1 Å². The first-order valence-corrected chi connectivity index (χ1v) is 14.0. The Kier molecular flexibility index (Phi) is 6.55. The fraction of sp³-hybridized carbons (Fsp3) is 0.233. The number of rotatable bonds is 5. The topological polar surface area (TPSA) is 121 Å². The highest BCUT2D eigenvalue weighted by Crippen LogP contribution is 2.38. The van der Waals surface area contributed by atoms with Gasteiger partial charge >= 0.3 is 0 Å². The predicted octanol–water partition coefficient (Wildman–Crippen LogP) is 4.04. The van der Waals surface area contributed by atoms with Gasteiger partial charge < -0.3 is 15.2 Å². The fourth-order valence-electron chi connectivity index (χ4n) is 5.28. The van der Waals surface area contributed by atoms with E-state index in [-0.39, 0.29) is 34.4 Å². The molecule has 0 bridgehead atoms. The van der Waals surface area contributed by atoms with Gasteiger partial charge in [-0.05, 0) is 61.9 Å². The van der Waals surface area contributed by atoms with E-state index in [2.05, 4.69) is 10.6 Å². The molecule has 9 nitrogen and oxygen atoms in total. The summed E-state index contributed by atoms with van der Waals surface area (Å²) in [5.74, 6) is -0.798. The number of carbonyl (C=O) groups excluding carboxylic acids is 2. The van der Waals surface area contributed by atoms with Gasteiger partial charge in [-0.15, -0.1) is 11.3 Å². The van der Waals surface area contributed by atoms with Crippen molar-refractivity contribution in [2.45, 2.75) is 39.2 Å². The van der Waals surface area contributed by atoms with Crippen molar-refractivity contribution in [2.24, 2.45) is 0 Å². The molecule has 10 heteroatoms. The summed E-state index contributed by atoms with van der Waals surface area (Å²) in [5.41, 5.74) is 3.90. The molecule has 0 aliphatic heterocycles. The standard InChI is InChI=1S/C30H28N6O3S/c1-17-10-12-18(13-11-17)16-36-25(31)20(15-21-26(36)33-23-9-5-6-14-35(23)30(21)39)27(37)34-29-24(28(38)32-2)19-7-3-4-8-22(19)40-29/h5-6,9-15,31H,3-4,7-8,16H2,1-2H3,(H,32,38)(H,34,37). The van der Waals surface area contributed by atoms with Crippen LogP contribution in [0.25, 0.3) is 16.7 Å². The van der Waals surface area contributed by atoms with Gasteiger partial charge in [-0.25, -0.2) is 4.98 Å². The zero-order valence-corrected chi connectivity index (χ0v) is 23.0. The van der Waals surface area contributed by atoms with Crippen molar-refractivity contribution in [2.75, 3.05) is 12.4 Å². The van der Waals surface area contributed by atoms with E-state index in [1.54, 1.807) is 36.0 Å². The van der Waals surface area contributed by atoms with Crippen molar-refractivity contribution in [1.82, 2.24) is 19.3 Å². The molecule has 0 spiro atoms. The number of benzene rings is 1. The molecule has 0 atom stereocenters. The van der Waals surface area contributed by atoms with Crippen LogP contribution in [-0.4, -0.2) is 32.8 Å². The lowest BCUT2D eigenvalue weighted by molar-refractivity contribution is 0.0963. The van der Waals surface area contributed by atoms with Crippen LogP contribution in [0, 0.1) is 12.3 Å². The number of nitrogens with zero attached hydrogens (tertiary/aromatic N) is 3. The van der Waals surface area contributed by atoms with Crippen molar-refractivity contribution in [3.63, 3.8) is 0 Å². The molecular weight excluding hydrogens is 524 g/mol. The number of hydrogen-bond acceptors (Lipinski definition) is 6. The molecule has 2 amide bonds. The van der Waals surface area contributed by atoms with E-state index in [1.165, 1.54) is 21.8 Å². The molecule has 0 radical (unpaired) electrons. The second-order valence-corrected chi connectivity index (χ2v) is 11.1. The highest BCUT2D eigenvalue weighted by atomic mass is 32.1. The molecule has 0 fully saturated rings. The number of aromatic nitrogens is 3. The Labute approximate surface area is 233 Å². The van der Waals surface area contributed by atoms with Crippen molar-refractivity contribution < 1.29 is 9.59 Å². The Hall–Kier alpha value is -4.57. The Bertz CT molecular complexity index is 1930. The molecule has 5 aromatic rings. The van der Waals surface area contributed by atoms with Crippen molar-refractivity contribution in [3.8, 4) is 0 Å². The molecule has 6 rings (SSSR count). The first-order valence-electron chi connectivity index (χ1n) is 13.2. The third-order valence-corrected chi connectivity index (χ3v) is 8.58. The summed E-state index contributed by atoms with van der Waals surface area (Å²) < 4.78 is 3.03. The van der Waals surface area contributed by atoms with Gasteiger partial charge in [0.25, 0.3) is 17.4 Å². The van der Waals surface area contributed by atoms with Gasteiger partial charge in [-0.3, -0.25) is 24.2 Å². The molecule has 1 aliphatic carbocycles. The van der Waals surface area contributed by atoms with Crippen LogP contribution >= 0.6 is 11.3 Å². The lowest BCUT2D eigenvalue weighted by Gasteiger charge is -2.15. The smallest absolute Gasteiger partial charge is 0.267 e. The van der Waals surface area contributed by atoms with Gasteiger partial charge in [0.1, 0.15) is 21.8 Å². The van der Waals surface area contributed by atoms with Crippen LogP contribution in [0.1, 0.15) is 55.1 Å². The average Bonchev–Trinajstić information content (AvgIpc) is 3.33. The van der Waals surface area contributed by atoms with Crippen LogP contribution in [0.3, 0.4) is 0 Å². The molecule has 4 heterocycles. The largest absolute Gasteiger partial charge is 0.355 e. The zero-order valence-electron chi connectivity index (χ0n) is 22.2. The molecule has 4 aromatic heterocycles. The second kappa shape index (κ2) is 10.2. The average molecular weight is 553 g/mol. The monoisotopic (exact) mass is 552 g/mol. The Balaban J connectivity index is 1.52. The Morgan fingerprint density at radius 2 is 1.85 bits per heavy atom. The molecule has 40 heavy (non-hydrogen) atoms. The number of nitrogens with one attached hydrogen (secondary N) is 3. The van der Waals surface area contributed by atoms with E-state index in [0.29, 0.717) is 21.9 Å². The van der Waals surface area contributed by atoms with E-state index in [9.17, 15) is 14.4 Å². The first kappa shape index (κ1) is 25.7. The number of amides is 2. The van der Waals surface area contributed by atoms with Gasteiger partial charge in [0, 0.05) is 18.1 Å². The van der Waals surface area contributed by atoms with Crippen LogP contribution in [-0.2, 0) is 19.4 Å². The van der Waals surface area contributed by atoms with Gasteiger partial charge in [-0.1, -0.05) is 35.9 Å². The van der Waals surface area contributed by atoms with Gasteiger partial charge in [0.15, 0.2) is 0 Å². The normalized spacial score (nSPS) is 12.8. The summed E-state index contributed by atoms with van der Waals surface area (Å²) in [4.78, 5) is 46.0. The van der Waals surface area contributed by atoms with Crippen LogP contribution < -0.4 is 21.7 Å². The van der Waals surface area contributed by atoms with Crippen LogP contribution in [0.2, 0.25) is 0 Å². The third-order valence-electron chi connectivity index (χ3n) is 7.38. The third kappa shape index (κ3) is 4.40. The van der Waals surface area contributed by atoms with Crippen LogP contribution in [0.5, 0.6) is 0 Å². The maximum Gasteiger partial charge on any atom is 0.267 e. The summed E-state index contributed by atoms with van der Waals surface area (Å²) in [6, 6.07) is 14.6. The molecule has 0 saturated carbocycles. The van der Waals surface area contributed by atoms with Gasteiger partial charge in [0.2, 0.25) is 0 Å².